The first-order valence-corrected chi connectivity index (χ1v) is 10.1. The second-order valence-corrected chi connectivity index (χ2v) is 7.47. The lowest BCUT2D eigenvalue weighted by Gasteiger charge is -2.48. The first-order valence-electron chi connectivity index (χ1n) is 10.1. The van der Waals surface area contributed by atoms with Crippen LogP contribution in [-0.4, -0.2) is 41.1 Å². The van der Waals surface area contributed by atoms with E-state index in [-0.39, 0.29) is 11.7 Å². The van der Waals surface area contributed by atoms with Gasteiger partial charge in [0.25, 0.3) is 0 Å². The number of aliphatic hydroxyl groups is 1. The molecule has 0 aliphatic carbocycles. The van der Waals surface area contributed by atoms with E-state index in [1.807, 2.05) is 43.3 Å². The summed E-state index contributed by atoms with van der Waals surface area (Å²) in [6, 6.07) is 20.1. The van der Waals surface area contributed by atoms with Gasteiger partial charge in [0, 0.05) is 31.7 Å². The van der Waals surface area contributed by atoms with Crippen LogP contribution in [-0.2, 0) is 11.2 Å². The number of para-hydroxylation sites is 1. The van der Waals surface area contributed by atoms with E-state index in [2.05, 4.69) is 35.7 Å². The minimum absolute atomic E-state index is 0.0131. The molecule has 1 heterocycles. The number of piperidine rings is 1. The molecule has 2 aromatic rings. The third-order valence-electron chi connectivity index (χ3n) is 5.77. The molecule has 0 unspecified atom stereocenters. The van der Waals surface area contributed by atoms with Crippen molar-refractivity contribution in [1.82, 2.24) is 4.90 Å². The van der Waals surface area contributed by atoms with Gasteiger partial charge in [-0.15, -0.1) is 0 Å². The number of hydrogen-bond donors (Lipinski definition) is 1. The minimum atomic E-state index is -0.738. The highest BCUT2D eigenvalue weighted by Crippen LogP contribution is 2.38. The Balaban J connectivity index is 1.75. The number of nitrogens with zero attached hydrogens (tertiary/aromatic N) is 2. The molecule has 1 saturated heterocycles. The lowest BCUT2D eigenvalue weighted by atomic mass is 9.83. The summed E-state index contributed by atoms with van der Waals surface area (Å²) in [5.74, 6) is 0.0972. The van der Waals surface area contributed by atoms with Crippen LogP contribution in [0.15, 0.2) is 73.0 Å². The third-order valence-corrected chi connectivity index (χ3v) is 5.77. The van der Waals surface area contributed by atoms with Gasteiger partial charge in [-0.05, 0) is 37.0 Å². The minimum Gasteiger partial charge on any atom is -0.510 e. The zero-order chi connectivity index (χ0) is 20.0. The largest absolute Gasteiger partial charge is 0.510 e. The highest BCUT2D eigenvalue weighted by Gasteiger charge is 2.45. The van der Waals surface area contributed by atoms with Gasteiger partial charge in [0.1, 0.15) is 11.3 Å². The summed E-state index contributed by atoms with van der Waals surface area (Å²) in [6.07, 6.45) is 2.75. The lowest BCUT2D eigenvalue weighted by molar-refractivity contribution is -0.120. The maximum atomic E-state index is 12.9. The van der Waals surface area contributed by atoms with Crippen molar-refractivity contribution in [2.75, 3.05) is 24.5 Å². The van der Waals surface area contributed by atoms with E-state index in [1.54, 1.807) is 4.90 Å². The number of amides is 1. The Bertz CT molecular complexity index is 781. The van der Waals surface area contributed by atoms with Gasteiger partial charge in [-0.2, -0.15) is 0 Å². The summed E-state index contributed by atoms with van der Waals surface area (Å²) in [6.45, 7) is 8.37. The number of benzene rings is 2. The van der Waals surface area contributed by atoms with Crippen LogP contribution >= 0.6 is 0 Å². The van der Waals surface area contributed by atoms with Crippen molar-refractivity contribution in [2.45, 2.75) is 38.1 Å². The summed E-state index contributed by atoms with van der Waals surface area (Å²) in [5.41, 5.74) is 1.41. The van der Waals surface area contributed by atoms with Gasteiger partial charge in [-0.25, -0.2) is 0 Å². The van der Waals surface area contributed by atoms with Crippen molar-refractivity contribution in [3.8, 4) is 0 Å². The number of likely N-dealkylation sites (tertiary alicyclic amines) is 1. The molecule has 1 N–H and O–H groups in total. The molecule has 4 nitrogen and oxygen atoms in total. The lowest BCUT2D eigenvalue weighted by Crippen LogP contribution is -2.59. The molecule has 0 aromatic heterocycles. The van der Waals surface area contributed by atoms with Crippen LogP contribution < -0.4 is 4.90 Å². The molecule has 28 heavy (non-hydrogen) atoms. The Morgan fingerprint density at radius 3 is 2.18 bits per heavy atom. The Labute approximate surface area is 168 Å². The summed E-state index contributed by atoms with van der Waals surface area (Å²) < 4.78 is 0. The molecule has 0 saturated carbocycles. The SMILES string of the molecule is C=C(O)C1(N(C(=O)CC)c2ccccc2)CCN(CCc2ccccc2)CC1. The van der Waals surface area contributed by atoms with Crippen molar-refractivity contribution in [1.29, 1.82) is 0 Å². The number of aliphatic hydroxyl groups excluding tert-OH is 1. The fraction of sp³-hybridized carbons (Fsp3) is 0.375. The number of rotatable bonds is 7. The summed E-state index contributed by atoms with van der Waals surface area (Å²) >= 11 is 0. The number of hydrogen-bond acceptors (Lipinski definition) is 3. The van der Waals surface area contributed by atoms with Gasteiger partial charge in [-0.3, -0.25) is 9.69 Å². The van der Waals surface area contributed by atoms with Crippen LogP contribution in [0.5, 0.6) is 0 Å². The molecule has 1 aliphatic heterocycles. The van der Waals surface area contributed by atoms with E-state index in [9.17, 15) is 9.90 Å². The molecular weight excluding hydrogens is 348 g/mol. The molecule has 148 valence electrons. The van der Waals surface area contributed by atoms with Gasteiger partial charge < -0.3 is 10.0 Å². The predicted octanol–water partition coefficient (Wildman–Crippen LogP) is 4.58. The molecule has 3 rings (SSSR count). The second kappa shape index (κ2) is 9.07. The van der Waals surface area contributed by atoms with E-state index in [0.29, 0.717) is 19.3 Å². The van der Waals surface area contributed by atoms with Crippen molar-refractivity contribution in [2.24, 2.45) is 0 Å². The molecule has 1 aliphatic rings. The molecule has 1 amide bonds. The van der Waals surface area contributed by atoms with E-state index >= 15 is 0 Å². The average Bonchev–Trinajstić information content (AvgIpc) is 2.74. The van der Waals surface area contributed by atoms with E-state index in [0.717, 1.165) is 31.7 Å². The molecule has 0 spiro atoms. The van der Waals surface area contributed by atoms with Gasteiger partial charge in [0.2, 0.25) is 5.91 Å². The van der Waals surface area contributed by atoms with Gasteiger partial charge in [0.05, 0.1) is 0 Å². The van der Waals surface area contributed by atoms with Crippen LogP contribution in [0.2, 0.25) is 0 Å². The Kier molecular flexibility index (Phi) is 6.53. The monoisotopic (exact) mass is 378 g/mol. The molecule has 2 aromatic carbocycles. The molecule has 0 bridgehead atoms. The zero-order valence-electron chi connectivity index (χ0n) is 16.7. The summed E-state index contributed by atoms with van der Waals surface area (Å²) in [7, 11) is 0. The fourth-order valence-corrected chi connectivity index (χ4v) is 4.08. The third kappa shape index (κ3) is 4.28. The number of anilines is 1. The number of carbonyl (C=O) groups is 1. The maximum Gasteiger partial charge on any atom is 0.227 e. The normalized spacial score (nSPS) is 16.5. The van der Waals surface area contributed by atoms with Gasteiger partial charge in [-0.1, -0.05) is 62.0 Å². The Hall–Kier alpha value is -2.59. The topological polar surface area (TPSA) is 43.8 Å². The molecular formula is C24H30N2O2. The van der Waals surface area contributed by atoms with Crippen molar-refractivity contribution in [3.05, 3.63) is 78.6 Å². The van der Waals surface area contributed by atoms with Crippen LogP contribution in [0, 0.1) is 0 Å². The van der Waals surface area contributed by atoms with Crippen LogP contribution in [0.3, 0.4) is 0 Å². The van der Waals surface area contributed by atoms with E-state index in [1.165, 1.54) is 5.56 Å². The molecule has 0 atom stereocenters. The predicted molar refractivity (Wildman–Crippen MR) is 115 cm³/mol. The maximum absolute atomic E-state index is 12.9. The second-order valence-electron chi connectivity index (χ2n) is 7.47. The standard InChI is InChI=1S/C24H30N2O2/c1-3-23(28)26(22-12-8-5-9-13-22)24(20(2)27)15-18-25(19-16-24)17-14-21-10-6-4-7-11-21/h4-13,27H,2-3,14-19H2,1H3. The first kappa shape index (κ1) is 20.2. The van der Waals surface area contributed by atoms with Crippen LogP contribution in [0.1, 0.15) is 31.7 Å². The molecule has 0 radical (unpaired) electrons. The van der Waals surface area contributed by atoms with Crippen LogP contribution in [0.4, 0.5) is 5.69 Å². The molecule has 4 heteroatoms. The zero-order valence-corrected chi connectivity index (χ0v) is 16.7. The Morgan fingerprint density at radius 1 is 1.07 bits per heavy atom. The first-order chi connectivity index (χ1) is 13.6. The fourth-order valence-electron chi connectivity index (χ4n) is 4.08. The molecule has 1 fully saturated rings. The number of carbonyl (C=O) groups excluding carboxylic acids is 1. The highest BCUT2D eigenvalue weighted by atomic mass is 16.3. The Morgan fingerprint density at radius 2 is 1.64 bits per heavy atom. The average molecular weight is 379 g/mol. The quantitative estimate of drug-likeness (QED) is 0.717. The van der Waals surface area contributed by atoms with E-state index < -0.39 is 5.54 Å². The summed E-state index contributed by atoms with van der Waals surface area (Å²) in [4.78, 5) is 17.1. The van der Waals surface area contributed by atoms with Gasteiger partial charge in [0.15, 0.2) is 0 Å². The van der Waals surface area contributed by atoms with Crippen molar-refractivity contribution in [3.63, 3.8) is 0 Å². The van der Waals surface area contributed by atoms with Crippen LogP contribution in [0.25, 0.3) is 0 Å². The van der Waals surface area contributed by atoms with E-state index in [4.69, 9.17) is 0 Å². The smallest absolute Gasteiger partial charge is 0.227 e. The highest BCUT2D eigenvalue weighted by molar-refractivity contribution is 5.95. The van der Waals surface area contributed by atoms with Gasteiger partial charge >= 0.3 is 0 Å². The summed E-state index contributed by atoms with van der Waals surface area (Å²) in [5, 5.41) is 10.6. The van der Waals surface area contributed by atoms with Crippen molar-refractivity contribution < 1.29 is 9.90 Å². The van der Waals surface area contributed by atoms with Crippen molar-refractivity contribution >= 4 is 11.6 Å².